The number of halogens is 3. The number of aromatic nitrogens is 1. The van der Waals surface area contributed by atoms with Gasteiger partial charge in [-0.1, -0.05) is 18.3 Å². The molecule has 0 radical (unpaired) electrons. The van der Waals surface area contributed by atoms with Crippen LogP contribution in [-0.2, 0) is 6.54 Å². The largest absolute Gasteiger partial charge is 0.399 e. The van der Waals surface area contributed by atoms with Crippen LogP contribution in [0.3, 0.4) is 0 Å². The van der Waals surface area contributed by atoms with Gasteiger partial charge in [0.15, 0.2) is 0 Å². The molecule has 100 valence electrons. The maximum absolute atomic E-state index is 12.7. The summed E-state index contributed by atoms with van der Waals surface area (Å²) in [5.74, 6) is -1.78. The molecule has 0 spiro atoms. The standard InChI is InChI=1S/C11H14F3N3S/c1-17(6-8-3-2-4-16-5-8)7-9(10(15)18)11(12,13)14/h2-5,9H,6-7H2,1H3,(H2,15,18). The van der Waals surface area contributed by atoms with Crippen molar-refractivity contribution in [3.05, 3.63) is 30.1 Å². The van der Waals surface area contributed by atoms with Crippen molar-refractivity contribution in [1.29, 1.82) is 0 Å². The molecule has 1 aromatic heterocycles. The smallest absolute Gasteiger partial charge is 0.393 e. The molecule has 1 unspecified atom stereocenters. The molecule has 1 aromatic rings. The van der Waals surface area contributed by atoms with Gasteiger partial charge in [0.05, 0.1) is 4.99 Å². The summed E-state index contributed by atoms with van der Waals surface area (Å²) in [5, 5.41) is 0. The number of thiocarbonyl (C=S) groups is 1. The fourth-order valence-electron chi connectivity index (χ4n) is 1.53. The van der Waals surface area contributed by atoms with E-state index in [1.165, 1.54) is 4.90 Å². The van der Waals surface area contributed by atoms with Crippen LogP contribution in [0.2, 0.25) is 0 Å². The molecule has 1 atom stereocenters. The summed E-state index contributed by atoms with van der Waals surface area (Å²) in [6, 6.07) is 3.53. The van der Waals surface area contributed by atoms with Crippen molar-refractivity contribution in [1.82, 2.24) is 9.88 Å². The van der Waals surface area contributed by atoms with E-state index < -0.39 is 17.1 Å². The Morgan fingerprint density at radius 1 is 1.56 bits per heavy atom. The molecule has 0 saturated carbocycles. The molecule has 0 aliphatic carbocycles. The first-order valence-corrected chi connectivity index (χ1v) is 5.65. The molecule has 0 fully saturated rings. The third-order valence-electron chi connectivity index (χ3n) is 2.41. The summed E-state index contributed by atoms with van der Waals surface area (Å²) in [7, 11) is 1.59. The predicted octanol–water partition coefficient (Wildman–Crippen LogP) is 1.98. The Morgan fingerprint density at radius 2 is 2.22 bits per heavy atom. The van der Waals surface area contributed by atoms with Crippen LogP contribution in [0.1, 0.15) is 5.56 Å². The van der Waals surface area contributed by atoms with Crippen LogP contribution in [0.4, 0.5) is 13.2 Å². The second-order valence-electron chi connectivity index (χ2n) is 4.05. The van der Waals surface area contributed by atoms with Crippen LogP contribution < -0.4 is 5.73 Å². The van der Waals surface area contributed by atoms with Crippen LogP contribution in [0.5, 0.6) is 0 Å². The van der Waals surface area contributed by atoms with E-state index in [2.05, 4.69) is 17.2 Å². The number of rotatable bonds is 5. The molecule has 0 amide bonds. The molecule has 1 heterocycles. The van der Waals surface area contributed by atoms with Crippen LogP contribution in [0.15, 0.2) is 24.5 Å². The Morgan fingerprint density at radius 3 is 2.67 bits per heavy atom. The maximum atomic E-state index is 12.7. The molecule has 0 aliphatic rings. The minimum atomic E-state index is -4.41. The fourth-order valence-corrected chi connectivity index (χ4v) is 1.74. The molecule has 0 saturated heterocycles. The molecule has 1 rings (SSSR count). The minimum absolute atomic E-state index is 0.256. The summed E-state index contributed by atoms with van der Waals surface area (Å²) in [6.45, 7) is 0.108. The summed E-state index contributed by atoms with van der Waals surface area (Å²) in [4.78, 5) is 4.90. The highest BCUT2D eigenvalue weighted by Gasteiger charge is 2.42. The lowest BCUT2D eigenvalue weighted by atomic mass is 10.1. The Bertz CT molecular complexity index is 394. The van der Waals surface area contributed by atoms with Gasteiger partial charge >= 0.3 is 6.18 Å². The fraction of sp³-hybridized carbons (Fsp3) is 0.455. The average Bonchev–Trinajstić information content (AvgIpc) is 2.25. The molecule has 18 heavy (non-hydrogen) atoms. The Balaban J connectivity index is 2.63. The molecular formula is C11H14F3N3S. The van der Waals surface area contributed by atoms with Gasteiger partial charge in [0.1, 0.15) is 5.92 Å². The van der Waals surface area contributed by atoms with Gasteiger partial charge in [-0.3, -0.25) is 4.98 Å². The zero-order valence-corrected chi connectivity index (χ0v) is 10.6. The normalized spacial score (nSPS) is 13.6. The summed E-state index contributed by atoms with van der Waals surface area (Å²) in [6.07, 6.45) is -1.19. The first-order valence-electron chi connectivity index (χ1n) is 5.24. The van der Waals surface area contributed by atoms with E-state index in [1.54, 1.807) is 31.6 Å². The van der Waals surface area contributed by atoms with Gasteiger partial charge in [-0.25, -0.2) is 0 Å². The summed E-state index contributed by atoms with van der Waals surface area (Å²) in [5.41, 5.74) is 5.97. The van der Waals surface area contributed by atoms with Crippen molar-refractivity contribution in [2.24, 2.45) is 11.7 Å². The molecule has 2 N–H and O–H groups in total. The Kier molecular flexibility index (Phi) is 5.03. The van der Waals surface area contributed by atoms with Gasteiger partial charge in [-0.15, -0.1) is 0 Å². The topological polar surface area (TPSA) is 42.2 Å². The first-order chi connectivity index (χ1) is 8.30. The van der Waals surface area contributed by atoms with E-state index in [4.69, 9.17) is 5.73 Å². The monoisotopic (exact) mass is 277 g/mol. The SMILES string of the molecule is CN(Cc1cccnc1)CC(C(N)=S)C(F)(F)F. The molecule has 7 heteroatoms. The Hall–Kier alpha value is -1.21. The van der Waals surface area contributed by atoms with Crippen molar-refractivity contribution >= 4 is 17.2 Å². The van der Waals surface area contributed by atoms with Crippen molar-refractivity contribution in [3.63, 3.8) is 0 Å². The van der Waals surface area contributed by atoms with Crippen LogP contribution in [-0.4, -0.2) is 34.6 Å². The van der Waals surface area contributed by atoms with E-state index in [-0.39, 0.29) is 6.54 Å². The quantitative estimate of drug-likeness (QED) is 0.836. The highest BCUT2D eigenvalue weighted by Crippen LogP contribution is 2.27. The number of alkyl halides is 3. The van der Waals surface area contributed by atoms with E-state index in [9.17, 15) is 13.2 Å². The van der Waals surface area contributed by atoms with Gasteiger partial charge in [-0.05, 0) is 18.7 Å². The van der Waals surface area contributed by atoms with Crippen molar-refractivity contribution < 1.29 is 13.2 Å². The predicted molar refractivity (Wildman–Crippen MR) is 66.9 cm³/mol. The number of nitrogens with zero attached hydrogens (tertiary/aromatic N) is 2. The third kappa shape index (κ3) is 4.58. The van der Waals surface area contributed by atoms with E-state index in [0.717, 1.165) is 5.56 Å². The second-order valence-corrected chi connectivity index (χ2v) is 4.53. The third-order valence-corrected chi connectivity index (χ3v) is 2.69. The van der Waals surface area contributed by atoms with Gasteiger partial charge < -0.3 is 10.6 Å². The van der Waals surface area contributed by atoms with Gasteiger partial charge in [0, 0.05) is 25.5 Å². The van der Waals surface area contributed by atoms with Crippen molar-refractivity contribution in [3.8, 4) is 0 Å². The van der Waals surface area contributed by atoms with E-state index in [1.807, 2.05) is 0 Å². The van der Waals surface area contributed by atoms with Crippen molar-refractivity contribution in [2.45, 2.75) is 12.7 Å². The lowest BCUT2D eigenvalue weighted by Crippen LogP contribution is -2.42. The van der Waals surface area contributed by atoms with Crippen LogP contribution in [0.25, 0.3) is 0 Å². The highest BCUT2D eigenvalue weighted by molar-refractivity contribution is 7.80. The maximum Gasteiger partial charge on any atom is 0.399 e. The molecule has 0 aromatic carbocycles. The zero-order chi connectivity index (χ0) is 13.8. The van der Waals surface area contributed by atoms with Gasteiger partial charge in [0.25, 0.3) is 0 Å². The van der Waals surface area contributed by atoms with Crippen LogP contribution >= 0.6 is 12.2 Å². The number of nitrogens with two attached hydrogens (primary N) is 1. The van der Waals surface area contributed by atoms with Gasteiger partial charge in [0.2, 0.25) is 0 Å². The molecular weight excluding hydrogens is 263 g/mol. The first kappa shape index (κ1) is 14.8. The van der Waals surface area contributed by atoms with Crippen molar-refractivity contribution in [2.75, 3.05) is 13.6 Å². The van der Waals surface area contributed by atoms with Crippen LogP contribution in [0, 0.1) is 5.92 Å². The minimum Gasteiger partial charge on any atom is -0.393 e. The number of pyridine rings is 1. The summed E-state index contributed by atoms with van der Waals surface area (Å²) < 4.78 is 38.0. The Labute approximate surface area is 109 Å². The molecule has 3 nitrogen and oxygen atoms in total. The lowest BCUT2D eigenvalue weighted by molar-refractivity contribution is -0.158. The zero-order valence-electron chi connectivity index (χ0n) is 9.81. The average molecular weight is 277 g/mol. The van der Waals surface area contributed by atoms with Gasteiger partial charge in [-0.2, -0.15) is 13.2 Å². The number of hydrogen-bond acceptors (Lipinski definition) is 3. The van der Waals surface area contributed by atoms with E-state index >= 15 is 0 Å². The highest BCUT2D eigenvalue weighted by atomic mass is 32.1. The molecule has 0 bridgehead atoms. The summed E-state index contributed by atoms with van der Waals surface area (Å²) >= 11 is 4.47. The molecule has 0 aliphatic heterocycles. The number of hydrogen-bond donors (Lipinski definition) is 1. The second kappa shape index (κ2) is 6.10. The lowest BCUT2D eigenvalue weighted by Gasteiger charge is -2.25. The van der Waals surface area contributed by atoms with E-state index in [0.29, 0.717) is 6.54 Å².